The van der Waals surface area contributed by atoms with Gasteiger partial charge >= 0.3 is 0 Å². The quantitative estimate of drug-likeness (QED) is 0.671. The first-order valence-corrected chi connectivity index (χ1v) is 9.53. The molecule has 0 aromatic heterocycles. The lowest BCUT2D eigenvalue weighted by molar-refractivity contribution is -0.125. The predicted octanol–water partition coefficient (Wildman–Crippen LogP) is 3.48. The minimum absolute atomic E-state index is 0.0395. The van der Waals surface area contributed by atoms with Gasteiger partial charge in [-0.2, -0.15) is 0 Å². The van der Waals surface area contributed by atoms with E-state index in [1.54, 1.807) is 0 Å². The number of rotatable bonds is 10. The molecule has 0 saturated carbocycles. The van der Waals surface area contributed by atoms with E-state index in [9.17, 15) is 4.79 Å². The second kappa shape index (κ2) is 10.6. The number of carbonyl (C=O) groups is 1. The lowest BCUT2D eigenvalue weighted by Crippen LogP contribution is -2.36. The molecule has 0 saturated heterocycles. The fourth-order valence-corrected chi connectivity index (χ4v) is 2.87. The van der Waals surface area contributed by atoms with Gasteiger partial charge in [-0.1, -0.05) is 43.3 Å². The van der Waals surface area contributed by atoms with E-state index in [4.69, 9.17) is 15.2 Å². The molecule has 0 aliphatic carbocycles. The Bertz CT molecular complexity index is 719. The van der Waals surface area contributed by atoms with Crippen LogP contribution in [0.3, 0.4) is 0 Å². The van der Waals surface area contributed by atoms with Gasteiger partial charge < -0.3 is 20.5 Å². The smallest absolute Gasteiger partial charge is 0.224 e. The lowest BCUT2D eigenvalue weighted by Gasteiger charge is -2.20. The summed E-state index contributed by atoms with van der Waals surface area (Å²) in [5.41, 5.74) is 8.28. The Hall–Kier alpha value is -2.53. The third-order valence-corrected chi connectivity index (χ3v) is 4.46. The summed E-state index contributed by atoms with van der Waals surface area (Å²) in [5, 5.41) is 2.98. The summed E-state index contributed by atoms with van der Waals surface area (Å²) in [5.74, 6) is 1.14. The summed E-state index contributed by atoms with van der Waals surface area (Å²) in [6.07, 6.45) is 0.714. The molecule has 27 heavy (non-hydrogen) atoms. The van der Waals surface area contributed by atoms with Crippen molar-refractivity contribution in [3.8, 4) is 11.5 Å². The number of amides is 1. The summed E-state index contributed by atoms with van der Waals surface area (Å²) in [4.78, 5) is 12.4. The van der Waals surface area contributed by atoms with E-state index in [1.165, 1.54) is 0 Å². The van der Waals surface area contributed by atoms with Gasteiger partial charge in [0.25, 0.3) is 0 Å². The van der Waals surface area contributed by atoms with Crippen LogP contribution in [0.1, 0.15) is 37.9 Å². The SMILES string of the molecule is CCOc1ccc(CCNC(=O)C(C)C(N)c2ccccc2)cc1OCC. The van der Waals surface area contributed by atoms with E-state index in [0.29, 0.717) is 26.2 Å². The molecule has 2 unspecified atom stereocenters. The molecule has 0 heterocycles. The number of hydrogen-bond donors (Lipinski definition) is 2. The van der Waals surface area contributed by atoms with Gasteiger partial charge in [-0.3, -0.25) is 4.79 Å². The third-order valence-electron chi connectivity index (χ3n) is 4.46. The van der Waals surface area contributed by atoms with Gasteiger partial charge in [0.1, 0.15) is 0 Å². The summed E-state index contributed by atoms with van der Waals surface area (Å²) < 4.78 is 11.2. The molecule has 0 aliphatic rings. The molecule has 2 rings (SSSR count). The van der Waals surface area contributed by atoms with Gasteiger partial charge in [-0.15, -0.1) is 0 Å². The van der Waals surface area contributed by atoms with Crippen molar-refractivity contribution in [2.45, 2.75) is 33.2 Å². The second-order valence-electron chi connectivity index (χ2n) is 6.41. The molecule has 0 aliphatic heterocycles. The van der Waals surface area contributed by atoms with Crippen LogP contribution in [0.15, 0.2) is 48.5 Å². The van der Waals surface area contributed by atoms with Crippen LogP contribution in [0.25, 0.3) is 0 Å². The number of ether oxygens (including phenoxy) is 2. The summed E-state index contributed by atoms with van der Waals surface area (Å²) >= 11 is 0. The molecule has 0 radical (unpaired) electrons. The molecule has 5 nitrogen and oxygen atoms in total. The molecule has 5 heteroatoms. The molecule has 3 N–H and O–H groups in total. The van der Waals surface area contributed by atoms with Crippen LogP contribution in [0.2, 0.25) is 0 Å². The monoisotopic (exact) mass is 370 g/mol. The zero-order chi connectivity index (χ0) is 19.6. The van der Waals surface area contributed by atoms with Gasteiger partial charge in [0, 0.05) is 12.6 Å². The fraction of sp³-hybridized carbons (Fsp3) is 0.409. The molecule has 1 amide bonds. The Kier molecular flexibility index (Phi) is 8.14. The first-order valence-electron chi connectivity index (χ1n) is 9.53. The maximum atomic E-state index is 12.4. The molecular weight excluding hydrogens is 340 g/mol. The van der Waals surface area contributed by atoms with E-state index in [2.05, 4.69) is 5.32 Å². The van der Waals surface area contributed by atoms with E-state index in [0.717, 1.165) is 22.6 Å². The molecule has 2 aromatic carbocycles. The zero-order valence-electron chi connectivity index (χ0n) is 16.4. The minimum atomic E-state index is -0.318. The Labute approximate surface area is 161 Å². The highest BCUT2D eigenvalue weighted by Crippen LogP contribution is 2.28. The standard InChI is InChI=1S/C22H30N2O3/c1-4-26-19-12-11-17(15-20(19)27-5-2)13-14-24-22(25)16(3)21(23)18-9-7-6-8-10-18/h6-12,15-16,21H,4-5,13-14,23H2,1-3H3,(H,24,25). The lowest BCUT2D eigenvalue weighted by atomic mass is 9.94. The van der Waals surface area contributed by atoms with Crippen LogP contribution in [0.5, 0.6) is 11.5 Å². The van der Waals surface area contributed by atoms with E-state index in [-0.39, 0.29) is 17.9 Å². The van der Waals surface area contributed by atoms with Crippen molar-refractivity contribution in [1.82, 2.24) is 5.32 Å². The summed E-state index contributed by atoms with van der Waals surface area (Å²) in [6.45, 7) is 7.46. The third kappa shape index (κ3) is 6.00. The maximum Gasteiger partial charge on any atom is 0.224 e. The van der Waals surface area contributed by atoms with E-state index in [1.807, 2.05) is 69.3 Å². The van der Waals surface area contributed by atoms with Crippen molar-refractivity contribution in [2.24, 2.45) is 11.7 Å². The summed E-state index contributed by atoms with van der Waals surface area (Å²) in [7, 11) is 0. The van der Waals surface area contributed by atoms with Crippen molar-refractivity contribution in [3.63, 3.8) is 0 Å². The van der Waals surface area contributed by atoms with Crippen molar-refractivity contribution in [2.75, 3.05) is 19.8 Å². The topological polar surface area (TPSA) is 73.6 Å². The predicted molar refractivity (Wildman–Crippen MR) is 108 cm³/mol. The van der Waals surface area contributed by atoms with Crippen LogP contribution in [0.4, 0.5) is 0 Å². The highest BCUT2D eigenvalue weighted by atomic mass is 16.5. The van der Waals surface area contributed by atoms with E-state index >= 15 is 0 Å². The zero-order valence-corrected chi connectivity index (χ0v) is 16.4. The minimum Gasteiger partial charge on any atom is -0.490 e. The molecule has 0 spiro atoms. The van der Waals surface area contributed by atoms with Crippen LogP contribution in [0, 0.1) is 5.92 Å². The Morgan fingerprint density at radius 3 is 2.37 bits per heavy atom. The number of nitrogens with one attached hydrogen (secondary N) is 1. The maximum absolute atomic E-state index is 12.4. The Morgan fingerprint density at radius 2 is 1.70 bits per heavy atom. The highest BCUT2D eigenvalue weighted by molar-refractivity contribution is 5.79. The molecule has 2 aromatic rings. The van der Waals surface area contributed by atoms with Gasteiger partial charge in [0.05, 0.1) is 19.1 Å². The number of hydrogen-bond acceptors (Lipinski definition) is 4. The van der Waals surface area contributed by atoms with Gasteiger partial charge in [0.2, 0.25) is 5.91 Å². The van der Waals surface area contributed by atoms with Crippen LogP contribution in [-0.4, -0.2) is 25.7 Å². The van der Waals surface area contributed by atoms with Crippen LogP contribution < -0.4 is 20.5 Å². The molecule has 2 atom stereocenters. The Balaban J connectivity index is 1.89. The summed E-state index contributed by atoms with van der Waals surface area (Å²) in [6, 6.07) is 15.3. The number of carbonyl (C=O) groups excluding carboxylic acids is 1. The molecule has 0 fully saturated rings. The highest BCUT2D eigenvalue weighted by Gasteiger charge is 2.21. The van der Waals surface area contributed by atoms with Gasteiger partial charge in [0.15, 0.2) is 11.5 Å². The van der Waals surface area contributed by atoms with Gasteiger partial charge in [-0.25, -0.2) is 0 Å². The number of nitrogens with two attached hydrogens (primary N) is 1. The fourth-order valence-electron chi connectivity index (χ4n) is 2.87. The molecular formula is C22H30N2O3. The van der Waals surface area contributed by atoms with Crippen molar-refractivity contribution >= 4 is 5.91 Å². The first-order chi connectivity index (χ1) is 13.1. The van der Waals surface area contributed by atoms with Crippen molar-refractivity contribution in [3.05, 3.63) is 59.7 Å². The van der Waals surface area contributed by atoms with Gasteiger partial charge in [-0.05, 0) is 43.5 Å². The van der Waals surface area contributed by atoms with Crippen LogP contribution >= 0.6 is 0 Å². The van der Waals surface area contributed by atoms with E-state index < -0.39 is 0 Å². The van der Waals surface area contributed by atoms with Crippen molar-refractivity contribution in [1.29, 1.82) is 0 Å². The molecule has 0 bridgehead atoms. The second-order valence-corrected chi connectivity index (χ2v) is 6.41. The van der Waals surface area contributed by atoms with Crippen molar-refractivity contribution < 1.29 is 14.3 Å². The molecule has 146 valence electrons. The average Bonchev–Trinajstić information content (AvgIpc) is 2.69. The largest absolute Gasteiger partial charge is 0.490 e. The number of benzene rings is 2. The normalized spacial score (nSPS) is 12.9. The Morgan fingerprint density at radius 1 is 1.04 bits per heavy atom. The van der Waals surface area contributed by atoms with Crippen LogP contribution in [-0.2, 0) is 11.2 Å². The average molecular weight is 370 g/mol. The first kappa shape index (κ1) is 20.8.